The molecule has 0 aliphatic heterocycles. The number of esters is 1. The second-order valence-corrected chi connectivity index (χ2v) is 4.02. The molecule has 5 heteroatoms. The van der Waals surface area contributed by atoms with Crippen LogP contribution in [0.1, 0.15) is 19.4 Å². The maximum absolute atomic E-state index is 10.4. The maximum atomic E-state index is 10.4. The molecule has 0 atom stereocenters. The van der Waals surface area contributed by atoms with E-state index in [1.807, 2.05) is 36.4 Å². The zero-order valence-corrected chi connectivity index (χ0v) is 13.7. The first-order valence-corrected chi connectivity index (χ1v) is 6.94. The summed E-state index contributed by atoms with van der Waals surface area (Å²) < 4.78 is 4.43. The summed E-state index contributed by atoms with van der Waals surface area (Å²) >= 11 is 0. The van der Waals surface area contributed by atoms with Crippen LogP contribution in [0, 0.1) is 0 Å². The normalized spacial score (nSPS) is 8.13. The Morgan fingerprint density at radius 3 is 2.04 bits per heavy atom. The first-order chi connectivity index (χ1) is 10.9. The second-order valence-electron chi connectivity index (χ2n) is 4.02. The third-order valence-corrected chi connectivity index (χ3v) is 2.12. The molecule has 0 heterocycles. The molecule has 1 aromatic carbocycles. The molecule has 0 radical (unpaired) electrons. The van der Waals surface area contributed by atoms with Crippen LogP contribution in [0.4, 0.5) is 0 Å². The SMILES string of the molecule is C=C(C)C(=O)NCO.C=CC(=O)OCC.C=Cc1ccccc1. The zero-order valence-electron chi connectivity index (χ0n) is 13.7. The van der Waals surface area contributed by atoms with Crippen molar-refractivity contribution in [1.29, 1.82) is 0 Å². The minimum Gasteiger partial charge on any atom is -0.463 e. The lowest BCUT2D eigenvalue weighted by Crippen LogP contribution is -2.24. The van der Waals surface area contributed by atoms with Crippen LogP contribution in [-0.4, -0.2) is 30.3 Å². The quantitative estimate of drug-likeness (QED) is 0.497. The summed E-state index contributed by atoms with van der Waals surface area (Å²) in [4.78, 5) is 20.4. The minimum atomic E-state index is -0.359. The van der Waals surface area contributed by atoms with Gasteiger partial charge in [-0.25, -0.2) is 4.79 Å². The summed E-state index contributed by atoms with van der Waals surface area (Å²) in [5.74, 6) is -0.671. The molecule has 23 heavy (non-hydrogen) atoms. The summed E-state index contributed by atoms with van der Waals surface area (Å²) in [6, 6.07) is 10.0. The molecular weight excluding hydrogens is 294 g/mol. The van der Waals surface area contributed by atoms with Crippen molar-refractivity contribution in [3.05, 3.63) is 67.3 Å². The molecule has 1 amide bonds. The number of aliphatic hydroxyl groups is 1. The molecule has 0 unspecified atom stereocenters. The van der Waals surface area contributed by atoms with Crippen LogP contribution < -0.4 is 5.32 Å². The Morgan fingerprint density at radius 2 is 1.83 bits per heavy atom. The first kappa shape index (κ1) is 22.6. The Morgan fingerprint density at radius 1 is 1.26 bits per heavy atom. The van der Waals surface area contributed by atoms with Crippen LogP contribution >= 0.6 is 0 Å². The highest BCUT2D eigenvalue weighted by Gasteiger charge is 1.95. The van der Waals surface area contributed by atoms with Gasteiger partial charge < -0.3 is 15.2 Å². The maximum Gasteiger partial charge on any atom is 0.330 e. The summed E-state index contributed by atoms with van der Waals surface area (Å²) in [5, 5.41) is 10.3. The smallest absolute Gasteiger partial charge is 0.330 e. The molecule has 0 saturated heterocycles. The van der Waals surface area contributed by atoms with Gasteiger partial charge in [0.05, 0.1) is 6.61 Å². The fraction of sp³-hybridized carbons (Fsp3) is 0.222. The topological polar surface area (TPSA) is 75.6 Å². The summed E-state index contributed by atoms with van der Waals surface area (Å²) in [5.41, 5.74) is 1.58. The predicted octanol–water partition coefficient (Wildman–Crippen LogP) is 2.69. The van der Waals surface area contributed by atoms with Gasteiger partial charge in [0.2, 0.25) is 5.91 Å². The molecule has 126 valence electrons. The number of carbonyl (C=O) groups is 2. The Bertz CT molecular complexity index is 495. The largest absolute Gasteiger partial charge is 0.463 e. The molecule has 5 nitrogen and oxygen atoms in total. The van der Waals surface area contributed by atoms with Gasteiger partial charge in [0.25, 0.3) is 0 Å². The van der Waals surface area contributed by atoms with Gasteiger partial charge in [0, 0.05) is 11.6 Å². The van der Waals surface area contributed by atoms with Crippen molar-refractivity contribution in [2.24, 2.45) is 0 Å². The lowest BCUT2D eigenvalue weighted by molar-refractivity contribution is -0.137. The molecule has 0 aliphatic rings. The Labute approximate surface area is 138 Å². The van der Waals surface area contributed by atoms with Gasteiger partial charge in [-0.15, -0.1) is 0 Å². The third kappa shape index (κ3) is 15.5. The highest BCUT2D eigenvalue weighted by molar-refractivity contribution is 5.91. The number of benzene rings is 1. The van der Waals surface area contributed by atoms with Gasteiger partial charge in [-0.3, -0.25) is 4.79 Å². The van der Waals surface area contributed by atoms with Crippen LogP contribution in [-0.2, 0) is 14.3 Å². The molecule has 0 aliphatic carbocycles. The number of rotatable bonds is 5. The van der Waals surface area contributed by atoms with Gasteiger partial charge in [-0.1, -0.05) is 56.1 Å². The highest BCUT2D eigenvalue weighted by atomic mass is 16.5. The van der Waals surface area contributed by atoms with Gasteiger partial charge in [0.15, 0.2) is 0 Å². The Kier molecular flexibility index (Phi) is 15.5. The first-order valence-electron chi connectivity index (χ1n) is 6.94. The van der Waals surface area contributed by atoms with Crippen molar-refractivity contribution in [2.45, 2.75) is 13.8 Å². The van der Waals surface area contributed by atoms with Crippen molar-refractivity contribution in [3.8, 4) is 0 Å². The van der Waals surface area contributed by atoms with Crippen molar-refractivity contribution >= 4 is 18.0 Å². The van der Waals surface area contributed by atoms with E-state index in [2.05, 4.69) is 29.8 Å². The monoisotopic (exact) mass is 319 g/mol. The van der Waals surface area contributed by atoms with E-state index in [9.17, 15) is 9.59 Å². The Balaban J connectivity index is 0. The van der Waals surface area contributed by atoms with Crippen LogP contribution in [0.2, 0.25) is 0 Å². The summed E-state index contributed by atoms with van der Waals surface area (Å²) in [7, 11) is 0. The van der Waals surface area contributed by atoms with Crippen molar-refractivity contribution in [3.63, 3.8) is 0 Å². The number of ether oxygens (including phenoxy) is 1. The molecule has 0 saturated carbocycles. The molecule has 2 N–H and O–H groups in total. The van der Waals surface area contributed by atoms with E-state index in [0.29, 0.717) is 12.2 Å². The third-order valence-electron chi connectivity index (χ3n) is 2.12. The van der Waals surface area contributed by atoms with Gasteiger partial charge in [-0.05, 0) is 19.4 Å². The lowest BCUT2D eigenvalue weighted by Gasteiger charge is -1.96. The number of nitrogens with one attached hydrogen (secondary N) is 1. The number of hydrogen-bond acceptors (Lipinski definition) is 4. The van der Waals surface area contributed by atoms with Gasteiger partial charge >= 0.3 is 5.97 Å². The van der Waals surface area contributed by atoms with E-state index in [4.69, 9.17) is 5.11 Å². The molecular formula is C18H25NO4. The number of carbonyl (C=O) groups excluding carboxylic acids is 2. The van der Waals surface area contributed by atoms with Crippen LogP contribution in [0.3, 0.4) is 0 Å². The molecule has 0 bridgehead atoms. The lowest BCUT2D eigenvalue weighted by atomic mass is 10.2. The van der Waals surface area contributed by atoms with E-state index < -0.39 is 0 Å². The van der Waals surface area contributed by atoms with Crippen LogP contribution in [0.15, 0.2) is 61.7 Å². The van der Waals surface area contributed by atoms with E-state index in [1.54, 1.807) is 13.8 Å². The van der Waals surface area contributed by atoms with E-state index in [1.165, 1.54) is 5.56 Å². The van der Waals surface area contributed by atoms with E-state index in [0.717, 1.165) is 6.08 Å². The summed E-state index contributed by atoms with van der Waals surface area (Å²) in [6.07, 6.45) is 2.98. The molecule has 1 rings (SSSR count). The minimum absolute atomic E-state index is 0.312. The fourth-order valence-corrected chi connectivity index (χ4v) is 1.01. The van der Waals surface area contributed by atoms with Crippen molar-refractivity contribution < 1.29 is 19.4 Å². The zero-order chi connectivity index (χ0) is 18.1. The Hall–Kier alpha value is -2.66. The van der Waals surface area contributed by atoms with Crippen LogP contribution in [0.5, 0.6) is 0 Å². The number of aliphatic hydroxyl groups excluding tert-OH is 1. The summed E-state index contributed by atoms with van der Waals surface area (Å²) in [6.45, 7) is 13.6. The molecule has 0 aromatic heterocycles. The second kappa shape index (κ2) is 15.7. The van der Waals surface area contributed by atoms with Crippen LogP contribution in [0.25, 0.3) is 6.08 Å². The molecule has 1 aromatic rings. The average molecular weight is 319 g/mol. The van der Waals surface area contributed by atoms with Crippen molar-refractivity contribution in [2.75, 3.05) is 13.3 Å². The predicted molar refractivity (Wildman–Crippen MR) is 93.4 cm³/mol. The standard InChI is InChI=1S/C8H8.C5H9NO2.C5H8O2/c1-2-8-6-4-3-5-7-8;1-4(2)5(8)6-3-7;1-3-5(6)7-4-2/h2-7H,1H2;7H,1,3H2,2H3,(H,6,8);3H,1,4H2,2H3. The molecule has 0 fully saturated rings. The van der Waals surface area contributed by atoms with Gasteiger partial charge in [-0.2, -0.15) is 0 Å². The van der Waals surface area contributed by atoms with Crippen molar-refractivity contribution in [1.82, 2.24) is 5.32 Å². The van der Waals surface area contributed by atoms with E-state index in [-0.39, 0.29) is 18.6 Å². The van der Waals surface area contributed by atoms with E-state index >= 15 is 0 Å². The highest BCUT2D eigenvalue weighted by Crippen LogP contribution is 1.97. The average Bonchev–Trinajstić information content (AvgIpc) is 2.57. The molecule has 0 spiro atoms. The fourth-order valence-electron chi connectivity index (χ4n) is 1.01. The number of amides is 1. The van der Waals surface area contributed by atoms with Gasteiger partial charge in [0.1, 0.15) is 6.73 Å². The number of hydrogen-bond donors (Lipinski definition) is 2.